The summed E-state index contributed by atoms with van der Waals surface area (Å²) >= 11 is 0. The molecule has 0 aliphatic carbocycles. The molecule has 0 aliphatic heterocycles. The average molecular weight is 261 g/mol. The summed E-state index contributed by atoms with van der Waals surface area (Å²) in [4.78, 5) is 4.38. The Morgan fingerprint density at radius 3 is 2.84 bits per heavy atom. The molecule has 2 aromatic rings. The number of ether oxygens (including phenoxy) is 1. The van der Waals surface area contributed by atoms with Crippen molar-refractivity contribution in [3.05, 3.63) is 41.5 Å². The molecule has 0 aliphatic rings. The molecule has 0 radical (unpaired) electrons. The lowest BCUT2D eigenvalue weighted by Crippen LogP contribution is -2.03. The van der Waals surface area contributed by atoms with Crippen molar-refractivity contribution < 1.29 is 9.26 Å². The third-order valence-electron chi connectivity index (χ3n) is 3.00. The number of para-hydroxylation sites is 1. The molecule has 102 valence electrons. The van der Waals surface area contributed by atoms with Gasteiger partial charge in [-0.15, -0.1) is 0 Å². The lowest BCUT2D eigenvalue weighted by molar-refractivity contribution is 0.0854. The first-order valence-corrected chi connectivity index (χ1v) is 6.43. The fourth-order valence-corrected chi connectivity index (χ4v) is 1.94. The summed E-state index contributed by atoms with van der Waals surface area (Å²) in [6.07, 6.45) is 2.33. The summed E-state index contributed by atoms with van der Waals surface area (Å²) < 4.78 is 10.6. The number of hydrogen-bond acceptors (Lipinski definition) is 5. The van der Waals surface area contributed by atoms with E-state index in [-0.39, 0.29) is 6.10 Å². The van der Waals surface area contributed by atoms with Gasteiger partial charge in [-0.25, -0.2) is 0 Å². The lowest BCUT2D eigenvalue weighted by Gasteiger charge is -2.08. The highest BCUT2D eigenvalue weighted by Gasteiger charge is 2.17. The first-order valence-electron chi connectivity index (χ1n) is 6.43. The maximum Gasteiger partial charge on any atom is 0.231 e. The van der Waals surface area contributed by atoms with Crippen LogP contribution in [0.2, 0.25) is 0 Å². The largest absolute Gasteiger partial charge is 0.398 e. The van der Waals surface area contributed by atoms with Gasteiger partial charge in [0.1, 0.15) is 6.10 Å². The number of benzene rings is 1. The predicted octanol–water partition coefficient (Wildman–Crippen LogP) is 2.73. The van der Waals surface area contributed by atoms with E-state index in [2.05, 4.69) is 17.1 Å². The molecule has 1 atom stereocenters. The van der Waals surface area contributed by atoms with E-state index in [9.17, 15) is 0 Å². The molecular formula is C14H19N3O2. The quantitative estimate of drug-likeness (QED) is 0.809. The topological polar surface area (TPSA) is 74.2 Å². The van der Waals surface area contributed by atoms with Gasteiger partial charge in [0, 0.05) is 12.8 Å². The number of methoxy groups -OCH3 is 1. The van der Waals surface area contributed by atoms with E-state index in [0.29, 0.717) is 18.1 Å². The highest BCUT2D eigenvalue weighted by atomic mass is 16.5. The molecular weight excluding hydrogens is 242 g/mol. The van der Waals surface area contributed by atoms with Crippen LogP contribution < -0.4 is 5.73 Å². The molecule has 0 saturated heterocycles. The fraction of sp³-hybridized carbons (Fsp3) is 0.429. The van der Waals surface area contributed by atoms with E-state index in [1.54, 1.807) is 7.11 Å². The van der Waals surface area contributed by atoms with E-state index < -0.39 is 0 Å². The third-order valence-corrected chi connectivity index (χ3v) is 3.00. The number of anilines is 1. The van der Waals surface area contributed by atoms with Gasteiger partial charge in [0.2, 0.25) is 11.7 Å². The van der Waals surface area contributed by atoms with Gasteiger partial charge in [-0.2, -0.15) is 4.98 Å². The molecule has 0 saturated carbocycles. The van der Waals surface area contributed by atoms with Crippen molar-refractivity contribution in [3.63, 3.8) is 0 Å². The summed E-state index contributed by atoms with van der Waals surface area (Å²) in [5, 5.41) is 3.98. The molecule has 19 heavy (non-hydrogen) atoms. The van der Waals surface area contributed by atoms with Crippen LogP contribution in [-0.4, -0.2) is 17.3 Å². The highest BCUT2D eigenvalue weighted by Crippen LogP contribution is 2.20. The summed E-state index contributed by atoms with van der Waals surface area (Å²) in [5.74, 6) is 1.17. The summed E-state index contributed by atoms with van der Waals surface area (Å²) in [5.41, 5.74) is 7.62. The van der Waals surface area contributed by atoms with Crippen LogP contribution in [0.25, 0.3) is 0 Å². The molecule has 1 unspecified atom stereocenters. The van der Waals surface area contributed by atoms with Crippen molar-refractivity contribution >= 4 is 5.69 Å². The van der Waals surface area contributed by atoms with Gasteiger partial charge in [0.15, 0.2) is 0 Å². The van der Waals surface area contributed by atoms with E-state index in [4.69, 9.17) is 15.0 Å². The van der Waals surface area contributed by atoms with Crippen molar-refractivity contribution in [1.82, 2.24) is 10.1 Å². The number of nitrogens with zero attached hydrogens (tertiary/aromatic N) is 2. The molecule has 2 rings (SSSR count). The number of nitrogen functional groups attached to an aromatic ring is 1. The minimum atomic E-state index is -0.101. The van der Waals surface area contributed by atoms with E-state index in [1.165, 1.54) is 0 Å². The van der Waals surface area contributed by atoms with Crippen LogP contribution in [0.15, 0.2) is 28.8 Å². The van der Waals surface area contributed by atoms with E-state index in [0.717, 1.165) is 24.1 Å². The standard InChI is InChI=1S/C14H19N3O2/c1-3-6-12(18-2)14-16-13(19-17-14)9-10-7-4-5-8-11(10)15/h4-5,7-8,12H,3,6,9,15H2,1-2H3. The van der Waals surface area contributed by atoms with Crippen LogP contribution >= 0.6 is 0 Å². The van der Waals surface area contributed by atoms with Crippen LogP contribution in [0.3, 0.4) is 0 Å². The lowest BCUT2D eigenvalue weighted by atomic mass is 10.1. The Kier molecular flexibility index (Phi) is 4.52. The molecule has 5 nitrogen and oxygen atoms in total. The molecule has 0 fully saturated rings. The molecule has 1 heterocycles. The fourth-order valence-electron chi connectivity index (χ4n) is 1.94. The van der Waals surface area contributed by atoms with Gasteiger partial charge >= 0.3 is 0 Å². The number of rotatable bonds is 6. The van der Waals surface area contributed by atoms with E-state index in [1.807, 2.05) is 24.3 Å². The van der Waals surface area contributed by atoms with Crippen LogP contribution in [-0.2, 0) is 11.2 Å². The number of aromatic nitrogens is 2. The SMILES string of the molecule is CCCC(OC)c1noc(Cc2ccccc2N)n1. The molecule has 2 N–H and O–H groups in total. The average Bonchev–Trinajstić information content (AvgIpc) is 2.87. The smallest absolute Gasteiger partial charge is 0.231 e. The van der Waals surface area contributed by atoms with Gasteiger partial charge in [-0.1, -0.05) is 36.7 Å². The zero-order valence-electron chi connectivity index (χ0n) is 11.3. The Hall–Kier alpha value is -1.88. The molecule has 1 aromatic carbocycles. The first kappa shape index (κ1) is 13.5. The Bertz CT molecular complexity index is 525. The van der Waals surface area contributed by atoms with Gasteiger partial charge < -0.3 is 15.0 Å². The Balaban J connectivity index is 2.11. The van der Waals surface area contributed by atoms with Crippen LogP contribution in [0, 0.1) is 0 Å². The zero-order chi connectivity index (χ0) is 13.7. The van der Waals surface area contributed by atoms with Gasteiger partial charge in [0.25, 0.3) is 0 Å². The van der Waals surface area contributed by atoms with Crippen LogP contribution in [0.1, 0.15) is 43.1 Å². The molecule has 5 heteroatoms. The van der Waals surface area contributed by atoms with Crippen LogP contribution in [0.4, 0.5) is 5.69 Å². The first-order chi connectivity index (χ1) is 9.24. The second kappa shape index (κ2) is 6.33. The zero-order valence-corrected chi connectivity index (χ0v) is 11.3. The van der Waals surface area contributed by atoms with Gasteiger partial charge in [-0.3, -0.25) is 0 Å². The Labute approximate surface area is 112 Å². The highest BCUT2D eigenvalue weighted by molar-refractivity contribution is 5.47. The Morgan fingerprint density at radius 2 is 2.16 bits per heavy atom. The molecule has 0 amide bonds. The minimum absolute atomic E-state index is 0.101. The van der Waals surface area contributed by atoms with Crippen molar-refractivity contribution in [2.45, 2.75) is 32.3 Å². The van der Waals surface area contributed by atoms with E-state index >= 15 is 0 Å². The molecule has 1 aromatic heterocycles. The summed E-state index contributed by atoms with van der Waals surface area (Å²) in [6, 6.07) is 7.67. The summed E-state index contributed by atoms with van der Waals surface area (Å²) in [7, 11) is 1.66. The third kappa shape index (κ3) is 3.32. The Morgan fingerprint density at radius 1 is 1.37 bits per heavy atom. The van der Waals surface area contributed by atoms with Crippen molar-refractivity contribution in [2.24, 2.45) is 0 Å². The second-order valence-corrected chi connectivity index (χ2v) is 4.43. The van der Waals surface area contributed by atoms with Crippen molar-refractivity contribution in [3.8, 4) is 0 Å². The molecule has 0 bridgehead atoms. The van der Waals surface area contributed by atoms with Gasteiger partial charge in [-0.05, 0) is 18.1 Å². The summed E-state index contributed by atoms with van der Waals surface area (Å²) in [6.45, 7) is 2.09. The van der Waals surface area contributed by atoms with Gasteiger partial charge in [0.05, 0.1) is 6.42 Å². The van der Waals surface area contributed by atoms with Crippen LogP contribution in [0.5, 0.6) is 0 Å². The maximum atomic E-state index is 5.89. The minimum Gasteiger partial charge on any atom is -0.398 e. The predicted molar refractivity (Wildman–Crippen MR) is 72.6 cm³/mol. The second-order valence-electron chi connectivity index (χ2n) is 4.43. The molecule has 0 spiro atoms. The number of nitrogens with two attached hydrogens (primary N) is 1. The maximum absolute atomic E-state index is 5.89. The normalized spacial score (nSPS) is 12.5. The van der Waals surface area contributed by atoms with Crippen molar-refractivity contribution in [1.29, 1.82) is 0 Å². The monoisotopic (exact) mass is 261 g/mol. The number of hydrogen-bond donors (Lipinski definition) is 1. The van der Waals surface area contributed by atoms with Crippen molar-refractivity contribution in [2.75, 3.05) is 12.8 Å².